The Balaban J connectivity index is 2.05. The second-order valence-corrected chi connectivity index (χ2v) is 8.38. The third kappa shape index (κ3) is 2.49. The van der Waals surface area contributed by atoms with Crippen LogP contribution in [0.2, 0.25) is 0 Å². The number of benzene rings is 2. The number of hydrogen-bond acceptors (Lipinski definition) is 4. The molecular weight excluding hydrogens is 308 g/mol. The normalized spacial score (nSPS) is 22.7. The Kier molecular flexibility index (Phi) is 4.04. The van der Waals surface area contributed by atoms with Crippen LogP contribution in [0.1, 0.15) is 17.0 Å². The van der Waals surface area contributed by atoms with Crippen molar-refractivity contribution in [1.29, 1.82) is 0 Å². The summed E-state index contributed by atoms with van der Waals surface area (Å²) in [6, 6.07) is 16.6. The average Bonchev–Trinajstić information content (AvgIpc) is 3.27. The van der Waals surface area contributed by atoms with Gasteiger partial charge in [-0.3, -0.25) is 0 Å². The molecular formula is C18H22N2O2S. The maximum absolute atomic E-state index is 13.1. The lowest BCUT2D eigenvalue weighted by atomic mass is 9.99. The summed E-state index contributed by atoms with van der Waals surface area (Å²) in [6.45, 7) is 2.46. The second-order valence-electron chi connectivity index (χ2n) is 6.31. The summed E-state index contributed by atoms with van der Waals surface area (Å²) in [6.07, 6.45) is 0. The Morgan fingerprint density at radius 1 is 0.957 bits per heavy atom. The van der Waals surface area contributed by atoms with E-state index < -0.39 is 20.5 Å². The first-order valence-electron chi connectivity index (χ1n) is 7.73. The van der Waals surface area contributed by atoms with E-state index in [9.17, 15) is 8.42 Å². The van der Waals surface area contributed by atoms with Gasteiger partial charge < -0.3 is 11.5 Å². The first kappa shape index (κ1) is 16.2. The van der Waals surface area contributed by atoms with Crippen LogP contribution in [0.25, 0.3) is 0 Å². The first-order chi connectivity index (χ1) is 11.0. The van der Waals surface area contributed by atoms with E-state index in [-0.39, 0.29) is 19.0 Å². The minimum absolute atomic E-state index is 0.148. The van der Waals surface area contributed by atoms with Gasteiger partial charge in [0.05, 0.1) is 10.1 Å². The fourth-order valence-electron chi connectivity index (χ4n) is 3.55. The van der Waals surface area contributed by atoms with Gasteiger partial charge in [-0.15, -0.1) is 0 Å². The molecule has 2 aromatic carbocycles. The first-order valence-corrected chi connectivity index (χ1v) is 9.27. The molecule has 0 amide bonds. The highest BCUT2D eigenvalue weighted by Gasteiger charge is 2.69. The summed E-state index contributed by atoms with van der Waals surface area (Å²) in [5, 5.41) is -0.560. The number of nitrogens with two attached hydrogens (primary N) is 2. The van der Waals surface area contributed by atoms with Gasteiger partial charge in [-0.1, -0.05) is 48.0 Å². The predicted molar refractivity (Wildman–Crippen MR) is 91.9 cm³/mol. The molecule has 2 aromatic rings. The van der Waals surface area contributed by atoms with E-state index in [1.807, 2.05) is 49.4 Å². The maximum atomic E-state index is 13.1. The Bertz CT molecular complexity index is 782. The number of sulfone groups is 1. The van der Waals surface area contributed by atoms with Gasteiger partial charge in [0.15, 0.2) is 9.84 Å². The molecule has 2 atom stereocenters. The van der Waals surface area contributed by atoms with E-state index in [1.165, 1.54) is 0 Å². The minimum atomic E-state index is -3.47. The Morgan fingerprint density at radius 2 is 1.52 bits per heavy atom. The fourth-order valence-corrected chi connectivity index (χ4v) is 6.03. The van der Waals surface area contributed by atoms with Crippen LogP contribution in [0.15, 0.2) is 59.5 Å². The molecule has 0 aromatic heterocycles. The molecule has 0 spiro atoms. The summed E-state index contributed by atoms with van der Waals surface area (Å²) in [7, 11) is -3.47. The largest absolute Gasteiger partial charge is 0.330 e. The highest BCUT2D eigenvalue weighted by Crippen LogP contribution is 2.62. The molecule has 0 radical (unpaired) electrons. The topological polar surface area (TPSA) is 86.2 Å². The van der Waals surface area contributed by atoms with Gasteiger partial charge in [0.1, 0.15) is 0 Å². The number of aryl methyl sites for hydroxylation is 1. The van der Waals surface area contributed by atoms with E-state index in [0.717, 1.165) is 11.1 Å². The SMILES string of the molecule is Cc1ccc(S(=O)(=O)[C@@H]2[C@H](c3ccccc3)C2(CN)CN)cc1. The lowest BCUT2D eigenvalue weighted by Gasteiger charge is -2.13. The summed E-state index contributed by atoms with van der Waals surface area (Å²) < 4.78 is 26.2. The van der Waals surface area contributed by atoms with E-state index in [4.69, 9.17) is 11.5 Å². The molecule has 0 bridgehead atoms. The van der Waals surface area contributed by atoms with Crippen molar-refractivity contribution in [3.05, 3.63) is 65.7 Å². The smallest absolute Gasteiger partial charge is 0.182 e. The standard InChI is InChI=1S/C18H22N2O2S/c1-13-7-9-15(10-8-13)23(21,22)17-16(18(17,11-19)12-20)14-5-3-2-4-6-14/h2-10,16-17H,11-12,19-20H2,1H3/t16-,17+/m0/s1. The highest BCUT2D eigenvalue weighted by molar-refractivity contribution is 7.92. The molecule has 0 aliphatic heterocycles. The Labute approximate surface area is 137 Å². The van der Waals surface area contributed by atoms with Crippen molar-refractivity contribution in [2.45, 2.75) is 23.0 Å². The van der Waals surface area contributed by atoms with Crippen molar-refractivity contribution >= 4 is 9.84 Å². The zero-order chi connectivity index (χ0) is 16.7. The summed E-state index contributed by atoms with van der Waals surface area (Å²) in [5.74, 6) is -0.148. The predicted octanol–water partition coefficient (Wildman–Crippen LogP) is 1.84. The van der Waals surface area contributed by atoms with Gasteiger partial charge in [0.2, 0.25) is 0 Å². The van der Waals surface area contributed by atoms with Crippen LogP contribution in [0.4, 0.5) is 0 Å². The van der Waals surface area contributed by atoms with Gasteiger partial charge in [-0.2, -0.15) is 0 Å². The van der Waals surface area contributed by atoms with Gasteiger partial charge in [-0.25, -0.2) is 8.42 Å². The summed E-state index contributed by atoms with van der Waals surface area (Å²) in [5.41, 5.74) is 13.3. The van der Waals surface area contributed by atoms with E-state index in [2.05, 4.69) is 0 Å². The van der Waals surface area contributed by atoms with Crippen molar-refractivity contribution in [1.82, 2.24) is 0 Å². The highest BCUT2D eigenvalue weighted by atomic mass is 32.2. The van der Waals surface area contributed by atoms with Crippen LogP contribution < -0.4 is 11.5 Å². The monoisotopic (exact) mass is 330 g/mol. The molecule has 0 heterocycles. The van der Waals surface area contributed by atoms with Crippen LogP contribution in [0, 0.1) is 12.3 Å². The van der Waals surface area contributed by atoms with E-state index >= 15 is 0 Å². The second kappa shape index (κ2) is 5.74. The molecule has 1 fully saturated rings. The number of rotatable bonds is 5. The quantitative estimate of drug-likeness (QED) is 0.876. The lowest BCUT2D eigenvalue weighted by molar-refractivity contribution is 0.510. The zero-order valence-electron chi connectivity index (χ0n) is 13.1. The molecule has 122 valence electrons. The van der Waals surface area contributed by atoms with Gasteiger partial charge in [0.25, 0.3) is 0 Å². The fraction of sp³-hybridized carbons (Fsp3) is 0.333. The molecule has 1 saturated carbocycles. The zero-order valence-corrected chi connectivity index (χ0v) is 14.0. The third-order valence-corrected chi connectivity index (χ3v) is 7.32. The molecule has 0 unspecified atom stereocenters. The number of hydrogen-bond donors (Lipinski definition) is 2. The molecule has 4 N–H and O–H groups in total. The summed E-state index contributed by atoms with van der Waals surface area (Å²) >= 11 is 0. The van der Waals surface area contributed by atoms with Crippen molar-refractivity contribution in [2.75, 3.05) is 13.1 Å². The van der Waals surface area contributed by atoms with Gasteiger partial charge in [0, 0.05) is 24.4 Å². The Morgan fingerprint density at radius 3 is 2.04 bits per heavy atom. The molecule has 4 nitrogen and oxygen atoms in total. The molecule has 5 heteroatoms. The molecule has 23 heavy (non-hydrogen) atoms. The van der Waals surface area contributed by atoms with E-state index in [1.54, 1.807) is 12.1 Å². The van der Waals surface area contributed by atoms with Crippen LogP contribution in [0.3, 0.4) is 0 Å². The van der Waals surface area contributed by atoms with Gasteiger partial charge >= 0.3 is 0 Å². The molecule has 0 saturated heterocycles. The lowest BCUT2D eigenvalue weighted by Crippen LogP contribution is -2.31. The summed E-state index contributed by atoms with van der Waals surface area (Å²) in [4.78, 5) is 0.345. The van der Waals surface area contributed by atoms with Crippen LogP contribution in [0.5, 0.6) is 0 Å². The average molecular weight is 330 g/mol. The van der Waals surface area contributed by atoms with E-state index in [0.29, 0.717) is 4.90 Å². The van der Waals surface area contributed by atoms with Crippen LogP contribution in [-0.4, -0.2) is 26.8 Å². The van der Waals surface area contributed by atoms with Crippen molar-refractivity contribution in [2.24, 2.45) is 16.9 Å². The molecule has 1 aliphatic carbocycles. The Hall–Kier alpha value is -1.69. The van der Waals surface area contributed by atoms with Crippen molar-refractivity contribution < 1.29 is 8.42 Å². The third-order valence-electron chi connectivity index (χ3n) is 4.98. The van der Waals surface area contributed by atoms with Crippen molar-refractivity contribution in [3.8, 4) is 0 Å². The van der Waals surface area contributed by atoms with Crippen LogP contribution in [-0.2, 0) is 9.84 Å². The van der Waals surface area contributed by atoms with Gasteiger partial charge in [-0.05, 0) is 24.6 Å². The molecule has 3 rings (SSSR count). The maximum Gasteiger partial charge on any atom is 0.182 e. The van der Waals surface area contributed by atoms with Crippen molar-refractivity contribution in [3.63, 3.8) is 0 Å². The minimum Gasteiger partial charge on any atom is -0.330 e. The molecule has 1 aliphatic rings. The van der Waals surface area contributed by atoms with Crippen LogP contribution >= 0.6 is 0 Å².